The van der Waals surface area contributed by atoms with Crippen molar-refractivity contribution in [3.05, 3.63) is 101 Å². The van der Waals surface area contributed by atoms with Gasteiger partial charge in [0.2, 0.25) is 21.8 Å². The van der Waals surface area contributed by atoms with E-state index in [4.69, 9.17) is 11.6 Å². The monoisotopic (exact) mass is 597 g/mol. The fourth-order valence-corrected chi connectivity index (χ4v) is 5.91. The molecule has 0 spiro atoms. The molecule has 3 rings (SSSR count). The zero-order valence-corrected chi connectivity index (χ0v) is 25.6. The summed E-state index contributed by atoms with van der Waals surface area (Å²) >= 11 is 6.49. The van der Waals surface area contributed by atoms with Gasteiger partial charge in [-0.1, -0.05) is 91.7 Å². The maximum absolute atomic E-state index is 13.9. The van der Waals surface area contributed by atoms with Crippen molar-refractivity contribution in [1.82, 2.24) is 10.2 Å². The molecule has 3 aromatic carbocycles. The number of nitrogens with one attached hydrogen (secondary N) is 1. The molecule has 0 saturated heterocycles. The summed E-state index contributed by atoms with van der Waals surface area (Å²) < 4.78 is 26.7. The van der Waals surface area contributed by atoms with Crippen LogP contribution in [0.5, 0.6) is 0 Å². The number of para-hydroxylation sites is 1. The molecule has 1 atom stereocenters. The lowest BCUT2D eigenvalue weighted by Gasteiger charge is -2.32. The lowest BCUT2D eigenvalue weighted by molar-refractivity contribution is -0.141. The molecule has 9 heteroatoms. The molecule has 0 unspecified atom stereocenters. The SMILES string of the molecule is CCCCNC(=O)[C@@H](Cc1ccccc1)N(Cc1ccccc1Cl)C(=O)CCCN(c1ccccc1C)S(C)(=O)=O. The van der Waals surface area contributed by atoms with Crippen LogP contribution in [0.2, 0.25) is 5.02 Å². The van der Waals surface area contributed by atoms with E-state index in [1.807, 2.05) is 67.6 Å². The maximum atomic E-state index is 13.9. The Kier molecular flexibility index (Phi) is 12.2. The van der Waals surface area contributed by atoms with E-state index in [2.05, 4.69) is 12.2 Å². The fraction of sp³-hybridized carbons (Fsp3) is 0.375. The normalized spacial score (nSPS) is 12.0. The van der Waals surface area contributed by atoms with E-state index in [-0.39, 0.29) is 37.7 Å². The van der Waals surface area contributed by atoms with Gasteiger partial charge in [-0.2, -0.15) is 0 Å². The molecule has 0 aliphatic rings. The smallest absolute Gasteiger partial charge is 0.243 e. The molecule has 0 aliphatic carbocycles. The molecule has 0 bridgehead atoms. The van der Waals surface area contributed by atoms with Crippen molar-refractivity contribution in [3.8, 4) is 0 Å². The summed E-state index contributed by atoms with van der Waals surface area (Å²) in [4.78, 5) is 29.0. The van der Waals surface area contributed by atoms with Crippen molar-refractivity contribution < 1.29 is 18.0 Å². The number of unbranched alkanes of at least 4 members (excludes halogenated alkanes) is 1. The Labute approximate surface area is 249 Å². The number of rotatable bonds is 15. The van der Waals surface area contributed by atoms with Gasteiger partial charge >= 0.3 is 0 Å². The molecule has 0 aromatic heterocycles. The number of nitrogens with zero attached hydrogens (tertiary/aromatic N) is 2. The molecular formula is C32H40ClN3O4S. The van der Waals surface area contributed by atoms with E-state index < -0.39 is 16.1 Å². The molecular weight excluding hydrogens is 558 g/mol. The summed E-state index contributed by atoms with van der Waals surface area (Å²) in [6.07, 6.45) is 3.63. The Morgan fingerprint density at radius 2 is 1.59 bits per heavy atom. The molecule has 41 heavy (non-hydrogen) atoms. The predicted octanol–water partition coefficient (Wildman–Crippen LogP) is 5.75. The number of sulfonamides is 1. The summed E-state index contributed by atoms with van der Waals surface area (Å²) in [5.41, 5.74) is 3.09. The first kappa shape index (κ1) is 32.2. The third-order valence-electron chi connectivity index (χ3n) is 6.94. The molecule has 7 nitrogen and oxygen atoms in total. The Morgan fingerprint density at radius 3 is 2.24 bits per heavy atom. The largest absolute Gasteiger partial charge is 0.354 e. The molecule has 3 aromatic rings. The van der Waals surface area contributed by atoms with Gasteiger partial charge in [-0.25, -0.2) is 8.42 Å². The molecule has 0 heterocycles. The highest BCUT2D eigenvalue weighted by Gasteiger charge is 2.31. The molecule has 0 fully saturated rings. The number of hydrogen-bond acceptors (Lipinski definition) is 4. The van der Waals surface area contributed by atoms with E-state index in [0.29, 0.717) is 23.7 Å². The van der Waals surface area contributed by atoms with Crippen molar-refractivity contribution in [2.75, 3.05) is 23.7 Å². The van der Waals surface area contributed by atoms with Crippen LogP contribution in [0.3, 0.4) is 0 Å². The molecule has 2 amide bonds. The third kappa shape index (κ3) is 9.61. The minimum absolute atomic E-state index is 0.0654. The number of benzene rings is 3. The number of aryl methyl sites for hydroxylation is 1. The zero-order valence-electron chi connectivity index (χ0n) is 24.1. The number of amides is 2. The van der Waals surface area contributed by atoms with Crippen LogP contribution in [-0.4, -0.2) is 50.5 Å². The van der Waals surface area contributed by atoms with Gasteiger partial charge in [0.15, 0.2) is 0 Å². The predicted molar refractivity (Wildman–Crippen MR) is 166 cm³/mol. The van der Waals surface area contributed by atoms with Gasteiger partial charge in [0, 0.05) is 37.5 Å². The first-order chi connectivity index (χ1) is 19.6. The summed E-state index contributed by atoms with van der Waals surface area (Å²) in [6, 6.07) is 23.4. The second-order valence-electron chi connectivity index (χ2n) is 10.2. The van der Waals surface area contributed by atoms with E-state index in [9.17, 15) is 18.0 Å². The number of carbonyl (C=O) groups is 2. The van der Waals surface area contributed by atoms with Crippen LogP contribution in [-0.2, 0) is 32.6 Å². The van der Waals surface area contributed by atoms with Crippen molar-refractivity contribution in [1.29, 1.82) is 0 Å². The van der Waals surface area contributed by atoms with E-state index in [1.165, 1.54) is 10.6 Å². The number of anilines is 1. The highest BCUT2D eigenvalue weighted by atomic mass is 35.5. The van der Waals surface area contributed by atoms with Gasteiger partial charge in [-0.05, 0) is 48.6 Å². The number of carbonyl (C=O) groups excluding carboxylic acids is 2. The standard InChI is InChI=1S/C32H40ClN3O4S/c1-4-5-21-34-32(38)30(23-26-15-7-6-8-16-26)35(24-27-17-10-11-18-28(27)33)31(37)20-13-22-36(41(3,39)40)29-19-12-9-14-25(29)2/h6-12,14-19,30H,4-5,13,20-24H2,1-3H3,(H,34,38)/t30-/m1/s1. The van der Waals surface area contributed by atoms with Crippen LogP contribution in [0.25, 0.3) is 0 Å². The van der Waals surface area contributed by atoms with Gasteiger partial charge < -0.3 is 10.2 Å². The van der Waals surface area contributed by atoms with Crippen LogP contribution in [0.4, 0.5) is 5.69 Å². The van der Waals surface area contributed by atoms with E-state index >= 15 is 0 Å². The lowest BCUT2D eigenvalue weighted by atomic mass is 10.0. The highest BCUT2D eigenvalue weighted by Crippen LogP contribution is 2.24. The first-order valence-corrected chi connectivity index (χ1v) is 16.2. The third-order valence-corrected chi connectivity index (χ3v) is 8.48. The Hall–Kier alpha value is -3.36. The summed E-state index contributed by atoms with van der Waals surface area (Å²) in [5, 5.41) is 3.52. The minimum atomic E-state index is -3.57. The quantitative estimate of drug-likeness (QED) is 0.226. The number of halogens is 1. The molecule has 0 saturated carbocycles. The van der Waals surface area contributed by atoms with Crippen molar-refractivity contribution >= 4 is 39.1 Å². The fourth-order valence-electron chi connectivity index (χ4n) is 4.70. The van der Waals surface area contributed by atoms with Crippen LogP contribution in [0.1, 0.15) is 49.3 Å². The van der Waals surface area contributed by atoms with Gasteiger partial charge in [-0.15, -0.1) is 0 Å². The topological polar surface area (TPSA) is 86.8 Å². The van der Waals surface area contributed by atoms with Crippen LogP contribution in [0.15, 0.2) is 78.9 Å². The zero-order chi connectivity index (χ0) is 29.8. The summed E-state index contributed by atoms with van der Waals surface area (Å²) in [7, 11) is -3.57. The Balaban J connectivity index is 1.88. The lowest BCUT2D eigenvalue weighted by Crippen LogP contribution is -2.50. The Bertz CT molecular complexity index is 1400. The highest BCUT2D eigenvalue weighted by molar-refractivity contribution is 7.92. The summed E-state index contributed by atoms with van der Waals surface area (Å²) in [6.45, 7) is 4.73. The van der Waals surface area contributed by atoms with E-state index in [0.717, 1.165) is 29.5 Å². The van der Waals surface area contributed by atoms with Crippen LogP contribution >= 0.6 is 11.6 Å². The van der Waals surface area contributed by atoms with Gasteiger partial charge in [0.25, 0.3) is 0 Å². The molecule has 0 aliphatic heterocycles. The second kappa shape index (κ2) is 15.6. The average molecular weight is 598 g/mol. The van der Waals surface area contributed by atoms with Gasteiger partial charge in [0.1, 0.15) is 6.04 Å². The minimum Gasteiger partial charge on any atom is -0.354 e. The van der Waals surface area contributed by atoms with Crippen LogP contribution < -0.4 is 9.62 Å². The van der Waals surface area contributed by atoms with Gasteiger partial charge in [0.05, 0.1) is 11.9 Å². The van der Waals surface area contributed by atoms with Crippen LogP contribution in [0, 0.1) is 6.92 Å². The number of hydrogen-bond donors (Lipinski definition) is 1. The molecule has 0 radical (unpaired) electrons. The van der Waals surface area contributed by atoms with Gasteiger partial charge in [-0.3, -0.25) is 13.9 Å². The first-order valence-electron chi connectivity index (χ1n) is 14.0. The maximum Gasteiger partial charge on any atom is 0.243 e. The van der Waals surface area contributed by atoms with Crippen molar-refractivity contribution in [2.45, 2.75) is 58.5 Å². The average Bonchev–Trinajstić information content (AvgIpc) is 2.94. The summed E-state index contributed by atoms with van der Waals surface area (Å²) in [5.74, 6) is -0.463. The second-order valence-corrected chi connectivity index (χ2v) is 12.5. The Morgan fingerprint density at radius 1 is 0.927 bits per heavy atom. The van der Waals surface area contributed by atoms with Crippen molar-refractivity contribution in [2.24, 2.45) is 0 Å². The molecule has 1 N–H and O–H groups in total. The van der Waals surface area contributed by atoms with Crippen molar-refractivity contribution in [3.63, 3.8) is 0 Å². The molecule has 220 valence electrons. The van der Waals surface area contributed by atoms with E-state index in [1.54, 1.807) is 23.1 Å².